The molecule has 1 aliphatic heterocycles. The number of hydrogen-bond acceptors (Lipinski definition) is 3. The summed E-state index contributed by atoms with van der Waals surface area (Å²) in [5, 5.41) is 18.4. The highest BCUT2D eigenvalue weighted by molar-refractivity contribution is 5.77. The Bertz CT molecular complexity index is 264. The molecule has 1 fully saturated rings. The van der Waals surface area contributed by atoms with Crippen molar-refractivity contribution in [2.45, 2.75) is 44.4 Å². The van der Waals surface area contributed by atoms with Crippen LogP contribution in [0.1, 0.15) is 33.1 Å². The lowest BCUT2D eigenvalue weighted by molar-refractivity contribution is -0.140. The van der Waals surface area contributed by atoms with Crippen molar-refractivity contribution in [3.63, 3.8) is 0 Å². The first-order valence-corrected chi connectivity index (χ1v) is 5.56. The van der Waals surface area contributed by atoms with E-state index in [1.54, 1.807) is 13.8 Å². The van der Waals surface area contributed by atoms with Crippen molar-refractivity contribution in [2.24, 2.45) is 0 Å². The Morgan fingerprint density at radius 3 is 2.69 bits per heavy atom. The number of likely N-dealkylation sites (tertiary alicyclic amines) is 1. The molecule has 1 saturated heterocycles. The van der Waals surface area contributed by atoms with E-state index in [1.165, 1.54) is 4.90 Å². The predicted molar refractivity (Wildman–Crippen MR) is 57.7 cm³/mol. The number of aliphatic hydroxyl groups is 2. The largest absolute Gasteiger partial charge is 0.393 e. The van der Waals surface area contributed by atoms with Crippen LogP contribution in [0.2, 0.25) is 0 Å². The van der Waals surface area contributed by atoms with Crippen LogP contribution < -0.4 is 0 Å². The van der Waals surface area contributed by atoms with Gasteiger partial charge in [-0.15, -0.1) is 0 Å². The van der Waals surface area contributed by atoms with Gasteiger partial charge in [-0.05, 0) is 26.7 Å². The van der Waals surface area contributed by atoms with Gasteiger partial charge in [0, 0.05) is 6.54 Å². The lowest BCUT2D eigenvalue weighted by Crippen LogP contribution is -2.50. The molecule has 0 aromatic rings. The van der Waals surface area contributed by atoms with Gasteiger partial charge < -0.3 is 15.1 Å². The highest BCUT2D eigenvalue weighted by Gasteiger charge is 2.37. The Kier molecular flexibility index (Phi) is 3.91. The van der Waals surface area contributed by atoms with Crippen molar-refractivity contribution < 1.29 is 19.4 Å². The second-order valence-corrected chi connectivity index (χ2v) is 5.22. The molecule has 1 atom stereocenters. The summed E-state index contributed by atoms with van der Waals surface area (Å²) in [6.45, 7) is 2.96. The fourth-order valence-corrected chi connectivity index (χ4v) is 1.91. The molecule has 0 bridgehead atoms. The minimum Gasteiger partial charge on any atom is -0.393 e. The number of piperidine rings is 1. The van der Waals surface area contributed by atoms with E-state index in [-0.39, 0.29) is 25.3 Å². The Balaban J connectivity index is 2.57. The standard InChI is InChI=1S/C11H20FNO3/c1-10(2,16)6-9(15)13-5-3-4-11(12,7-13)8-14/h14,16H,3-8H2,1-2H3. The summed E-state index contributed by atoms with van der Waals surface area (Å²) in [7, 11) is 0. The molecule has 0 radical (unpaired) electrons. The van der Waals surface area contributed by atoms with E-state index in [2.05, 4.69) is 0 Å². The van der Waals surface area contributed by atoms with Crippen molar-refractivity contribution in [3.05, 3.63) is 0 Å². The average molecular weight is 233 g/mol. The molecule has 4 nitrogen and oxygen atoms in total. The van der Waals surface area contributed by atoms with Crippen LogP contribution in [-0.4, -0.2) is 52.0 Å². The zero-order valence-corrected chi connectivity index (χ0v) is 9.87. The van der Waals surface area contributed by atoms with Crippen LogP contribution in [0.3, 0.4) is 0 Å². The summed E-state index contributed by atoms with van der Waals surface area (Å²) < 4.78 is 13.8. The molecule has 0 aliphatic carbocycles. The fourth-order valence-electron chi connectivity index (χ4n) is 1.91. The molecule has 1 amide bonds. The number of hydrogen-bond donors (Lipinski definition) is 2. The summed E-state index contributed by atoms with van der Waals surface area (Å²) in [6, 6.07) is 0. The molecular weight excluding hydrogens is 213 g/mol. The number of alkyl halides is 1. The van der Waals surface area contributed by atoms with E-state index in [4.69, 9.17) is 5.11 Å². The molecule has 1 aliphatic rings. The molecule has 1 unspecified atom stereocenters. The second-order valence-electron chi connectivity index (χ2n) is 5.22. The van der Waals surface area contributed by atoms with Crippen molar-refractivity contribution >= 4 is 5.91 Å². The summed E-state index contributed by atoms with van der Waals surface area (Å²) >= 11 is 0. The zero-order chi connectivity index (χ0) is 12.4. The van der Waals surface area contributed by atoms with Gasteiger partial charge in [0.25, 0.3) is 0 Å². The van der Waals surface area contributed by atoms with Crippen molar-refractivity contribution in [1.82, 2.24) is 4.90 Å². The normalized spacial score (nSPS) is 26.9. The van der Waals surface area contributed by atoms with Crippen LogP contribution in [0.15, 0.2) is 0 Å². The van der Waals surface area contributed by atoms with Gasteiger partial charge in [-0.2, -0.15) is 0 Å². The lowest BCUT2D eigenvalue weighted by atomic mass is 9.94. The van der Waals surface area contributed by atoms with Gasteiger partial charge in [0.05, 0.1) is 25.2 Å². The highest BCUT2D eigenvalue weighted by Crippen LogP contribution is 2.25. The van der Waals surface area contributed by atoms with E-state index in [0.29, 0.717) is 13.0 Å². The van der Waals surface area contributed by atoms with Gasteiger partial charge in [0.2, 0.25) is 5.91 Å². The van der Waals surface area contributed by atoms with Crippen LogP contribution in [0, 0.1) is 0 Å². The molecule has 1 rings (SSSR count). The zero-order valence-electron chi connectivity index (χ0n) is 9.87. The molecule has 0 spiro atoms. The maximum Gasteiger partial charge on any atom is 0.225 e. The van der Waals surface area contributed by atoms with Crippen LogP contribution in [0.4, 0.5) is 4.39 Å². The van der Waals surface area contributed by atoms with Gasteiger partial charge in [0.1, 0.15) is 0 Å². The third kappa shape index (κ3) is 3.72. The number of carbonyl (C=O) groups is 1. The maximum atomic E-state index is 13.8. The number of halogens is 1. The Morgan fingerprint density at radius 1 is 1.56 bits per heavy atom. The van der Waals surface area contributed by atoms with Gasteiger partial charge >= 0.3 is 0 Å². The highest BCUT2D eigenvalue weighted by atomic mass is 19.1. The Hall–Kier alpha value is -0.680. The number of amides is 1. The molecule has 0 aromatic heterocycles. The molecule has 5 heteroatoms. The summed E-state index contributed by atoms with van der Waals surface area (Å²) in [5.74, 6) is -0.261. The third-order valence-electron chi connectivity index (χ3n) is 2.75. The quantitative estimate of drug-likeness (QED) is 0.745. The maximum absolute atomic E-state index is 13.8. The van der Waals surface area contributed by atoms with Crippen LogP contribution >= 0.6 is 0 Å². The Morgan fingerprint density at radius 2 is 2.19 bits per heavy atom. The summed E-state index contributed by atoms with van der Waals surface area (Å²) in [6.07, 6.45) is 0.818. The molecule has 16 heavy (non-hydrogen) atoms. The summed E-state index contributed by atoms with van der Waals surface area (Å²) in [5.41, 5.74) is -2.75. The van der Waals surface area contributed by atoms with E-state index in [1.807, 2.05) is 0 Å². The van der Waals surface area contributed by atoms with Crippen LogP contribution in [-0.2, 0) is 4.79 Å². The molecule has 1 heterocycles. The molecule has 0 aromatic carbocycles. The topological polar surface area (TPSA) is 60.8 Å². The lowest BCUT2D eigenvalue weighted by Gasteiger charge is -2.37. The number of nitrogens with zero attached hydrogens (tertiary/aromatic N) is 1. The molecular formula is C11H20FNO3. The van der Waals surface area contributed by atoms with E-state index >= 15 is 0 Å². The van der Waals surface area contributed by atoms with Gasteiger partial charge in [-0.1, -0.05) is 0 Å². The predicted octanol–water partition coefficient (Wildman–Crippen LogP) is 0.470. The second kappa shape index (κ2) is 4.67. The van der Waals surface area contributed by atoms with Crippen LogP contribution in [0.5, 0.6) is 0 Å². The average Bonchev–Trinajstić information content (AvgIpc) is 2.15. The first-order valence-electron chi connectivity index (χ1n) is 5.56. The van der Waals surface area contributed by atoms with Crippen molar-refractivity contribution in [2.75, 3.05) is 19.7 Å². The SMILES string of the molecule is CC(C)(O)CC(=O)N1CCCC(F)(CO)C1. The smallest absolute Gasteiger partial charge is 0.225 e. The van der Waals surface area contributed by atoms with Gasteiger partial charge in [-0.25, -0.2) is 4.39 Å². The van der Waals surface area contributed by atoms with E-state index < -0.39 is 17.9 Å². The molecule has 2 N–H and O–H groups in total. The minimum atomic E-state index is -1.67. The third-order valence-corrected chi connectivity index (χ3v) is 2.75. The number of rotatable bonds is 3. The first-order chi connectivity index (χ1) is 7.26. The van der Waals surface area contributed by atoms with E-state index in [9.17, 15) is 14.3 Å². The first kappa shape index (κ1) is 13.4. The molecule has 0 saturated carbocycles. The van der Waals surface area contributed by atoms with Gasteiger partial charge in [0.15, 0.2) is 5.67 Å². The van der Waals surface area contributed by atoms with Gasteiger partial charge in [-0.3, -0.25) is 4.79 Å². The van der Waals surface area contributed by atoms with E-state index in [0.717, 1.165) is 0 Å². The monoisotopic (exact) mass is 233 g/mol. The van der Waals surface area contributed by atoms with Crippen LogP contribution in [0.25, 0.3) is 0 Å². The minimum absolute atomic E-state index is 0.0193. The fraction of sp³-hybridized carbons (Fsp3) is 0.909. The Labute approximate surface area is 95.1 Å². The van der Waals surface area contributed by atoms with Crippen molar-refractivity contribution in [1.29, 1.82) is 0 Å². The molecule has 94 valence electrons. The summed E-state index contributed by atoms with van der Waals surface area (Å²) in [4.78, 5) is 13.1. The number of carbonyl (C=O) groups excluding carboxylic acids is 1. The number of aliphatic hydroxyl groups excluding tert-OH is 1. The van der Waals surface area contributed by atoms with Crippen molar-refractivity contribution in [3.8, 4) is 0 Å².